The summed E-state index contributed by atoms with van der Waals surface area (Å²) in [6.45, 7) is 2.32. The Labute approximate surface area is 134 Å². The second-order valence-electron chi connectivity index (χ2n) is 5.82. The monoisotopic (exact) mass is 309 g/mol. The van der Waals surface area contributed by atoms with Gasteiger partial charge < -0.3 is 9.88 Å². The van der Waals surface area contributed by atoms with E-state index in [1.165, 1.54) is 17.0 Å². The number of aromatic amines is 1. The number of rotatable bonds is 2. The van der Waals surface area contributed by atoms with Crippen molar-refractivity contribution in [3.8, 4) is 0 Å². The molecule has 0 saturated carbocycles. The Morgan fingerprint density at radius 1 is 1.14 bits per heavy atom. The minimum absolute atomic E-state index is 0.426. The maximum absolute atomic E-state index is 4.32. The number of nitrogens with zero attached hydrogens (tertiary/aromatic N) is 2. The Hall–Kier alpha value is -1.94. The average molecular weight is 309 g/mol. The lowest BCUT2D eigenvalue weighted by Gasteiger charge is -2.42. The Morgan fingerprint density at radius 3 is 2.86 bits per heavy atom. The summed E-state index contributed by atoms with van der Waals surface area (Å²) in [7, 11) is 0. The maximum Gasteiger partial charge on any atom is 0.0931 e. The zero-order valence-electron chi connectivity index (χ0n) is 12.6. The fourth-order valence-electron chi connectivity index (χ4n) is 3.27. The highest BCUT2D eigenvalue weighted by Crippen LogP contribution is 2.37. The number of nitrogens with one attached hydrogen (secondary N) is 1. The van der Waals surface area contributed by atoms with Crippen LogP contribution in [0.2, 0.25) is 0 Å². The minimum atomic E-state index is 0.426. The van der Waals surface area contributed by atoms with Gasteiger partial charge in [0.25, 0.3) is 0 Å². The molecule has 1 N–H and O–H groups in total. The Balaban J connectivity index is 1.77. The molecule has 1 aliphatic rings. The summed E-state index contributed by atoms with van der Waals surface area (Å²) in [4.78, 5) is 10.1. The smallest absolute Gasteiger partial charge is 0.0931 e. The lowest BCUT2D eigenvalue weighted by molar-refractivity contribution is 0.593. The molecule has 1 saturated heterocycles. The van der Waals surface area contributed by atoms with Crippen LogP contribution in [-0.2, 0) is 0 Å². The summed E-state index contributed by atoms with van der Waals surface area (Å²) in [5, 5.41) is 0. The molecule has 22 heavy (non-hydrogen) atoms. The molecule has 3 nitrogen and oxygen atoms in total. The molecule has 4 rings (SSSR count). The second-order valence-corrected chi connectivity index (χ2v) is 6.90. The summed E-state index contributed by atoms with van der Waals surface area (Å²) in [6.07, 6.45) is 1.76. The van der Waals surface area contributed by atoms with Crippen molar-refractivity contribution in [2.75, 3.05) is 16.4 Å². The first-order chi connectivity index (χ1) is 10.8. The van der Waals surface area contributed by atoms with E-state index in [0.29, 0.717) is 12.1 Å². The standard InChI is InChI=1S/C18H19N3S/c1-13-10-22-11-18(14-5-3-2-4-6-14)21(13)15-7-8-16-17(9-15)20-12-19-16/h2-9,12-13,18H,10-11H2,1H3,(H,19,20). The lowest BCUT2D eigenvalue weighted by atomic mass is 10.0. The zero-order chi connectivity index (χ0) is 14.9. The third-order valence-corrected chi connectivity index (χ3v) is 5.60. The quantitative estimate of drug-likeness (QED) is 0.768. The molecule has 1 aliphatic heterocycles. The zero-order valence-corrected chi connectivity index (χ0v) is 13.4. The van der Waals surface area contributed by atoms with Crippen LogP contribution in [0.5, 0.6) is 0 Å². The predicted molar refractivity (Wildman–Crippen MR) is 94.5 cm³/mol. The van der Waals surface area contributed by atoms with Gasteiger partial charge in [-0.2, -0.15) is 11.8 Å². The van der Waals surface area contributed by atoms with Crippen LogP contribution in [0, 0.1) is 0 Å². The van der Waals surface area contributed by atoms with E-state index < -0.39 is 0 Å². The summed E-state index contributed by atoms with van der Waals surface area (Å²) >= 11 is 2.05. The number of aromatic nitrogens is 2. The van der Waals surface area contributed by atoms with E-state index in [0.717, 1.165) is 16.8 Å². The van der Waals surface area contributed by atoms with Gasteiger partial charge in [-0.3, -0.25) is 0 Å². The number of hydrogen-bond acceptors (Lipinski definition) is 3. The fraction of sp³-hybridized carbons (Fsp3) is 0.278. The molecule has 0 bridgehead atoms. The highest BCUT2D eigenvalue weighted by atomic mass is 32.2. The largest absolute Gasteiger partial charge is 0.360 e. The molecule has 0 aliphatic carbocycles. The van der Waals surface area contributed by atoms with Crippen molar-refractivity contribution in [3.63, 3.8) is 0 Å². The molecule has 1 fully saturated rings. The molecule has 2 atom stereocenters. The van der Waals surface area contributed by atoms with Crippen LogP contribution < -0.4 is 4.90 Å². The number of imidazole rings is 1. The number of anilines is 1. The average Bonchev–Trinajstić information content (AvgIpc) is 3.03. The normalized spacial score (nSPS) is 22.1. The van der Waals surface area contributed by atoms with Gasteiger partial charge in [-0.05, 0) is 30.7 Å². The van der Waals surface area contributed by atoms with E-state index >= 15 is 0 Å². The van der Waals surface area contributed by atoms with Crippen LogP contribution in [0.15, 0.2) is 54.9 Å². The summed E-state index contributed by atoms with van der Waals surface area (Å²) in [6, 6.07) is 18.3. The second kappa shape index (κ2) is 5.69. The van der Waals surface area contributed by atoms with Gasteiger partial charge in [-0.15, -0.1) is 0 Å². The van der Waals surface area contributed by atoms with Crippen molar-refractivity contribution >= 4 is 28.5 Å². The molecule has 1 aromatic heterocycles. The fourth-order valence-corrected chi connectivity index (χ4v) is 4.48. The Morgan fingerprint density at radius 2 is 2.00 bits per heavy atom. The molecule has 4 heteroatoms. The van der Waals surface area contributed by atoms with Gasteiger partial charge in [-0.1, -0.05) is 30.3 Å². The molecular weight excluding hydrogens is 290 g/mol. The highest BCUT2D eigenvalue weighted by molar-refractivity contribution is 7.99. The number of thioether (sulfide) groups is 1. The van der Waals surface area contributed by atoms with Gasteiger partial charge in [0.05, 0.1) is 23.4 Å². The van der Waals surface area contributed by atoms with Crippen LogP contribution in [0.4, 0.5) is 5.69 Å². The third kappa shape index (κ3) is 2.37. The van der Waals surface area contributed by atoms with Crippen molar-refractivity contribution in [1.29, 1.82) is 0 Å². The first kappa shape index (κ1) is 13.7. The van der Waals surface area contributed by atoms with Crippen LogP contribution in [0.25, 0.3) is 11.0 Å². The van der Waals surface area contributed by atoms with Crippen molar-refractivity contribution in [2.24, 2.45) is 0 Å². The van der Waals surface area contributed by atoms with Crippen molar-refractivity contribution < 1.29 is 0 Å². The minimum Gasteiger partial charge on any atom is -0.360 e. The van der Waals surface area contributed by atoms with Gasteiger partial charge in [0.15, 0.2) is 0 Å². The van der Waals surface area contributed by atoms with E-state index in [9.17, 15) is 0 Å². The summed E-state index contributed by atoms with van der Waals surface area (Å²) in [5.74, 6) is 2.31. The van der Waals surface area contributed by atoms with E-state index in [-0.39, 0.29) is 0 Å². The number of hydrogen-bond donors (Lipinski definition) is 1. The lowest BCUT2D eigenvalue weighted by Crippen LogP contribution is -2.43. The van der Waals surface area contributed by atoms with Gasteiger partial charge in [0, 0.05) is 23.2 Å². The van der Waals surface area contributed by atoms with Gasteiger partial charge in [0.2, 0.25) is 0 Å². The number of fused-ring (bicyclic) bond motifs is 1. The van der Waals surface area contributed by atoms with Crippen molar-refractivity contribution in [3.05, 3.63) is 60.4 Å². The first-order valence-electron chi connectivity index (χ1n) is 7.67. The molecule has 112 valence electrons. The summed E-state index contributed by atoms with van der Waals surface area (Å²) < 4.78 is 0. The summed E-state index contributed by atoms with van der Waals surface area (Å²) in [5.41, 5.74) is 4.80. The maximum atomic E-state index is 4.32. The van der Waals surface area contributed by atoms with E-state index in [1.807, 2.05) is 11.8 Å². The molecule has 0 radical (unpaired) electrons. The number of H-pyrrole nitrogens is 1. The van der Waals surface area contributed by atoms with Gasteiger partial charge in [-0.25, -0.2) is 4.98 Å². The van der Waals surface area contributed by atoms with Crippen LogP contribution in [0.3, 0.4) is 0 Å². The van der Waals surface area contributed by atoms with Crippen LogP contribution in [-0.4, -0.2) is 27.5 Å². The molecule has 2 heterocycles. The third-order valence-electron chi connectivity index (χ3n) is 4.33. The molecule has 3 aromatic rings. The van der Waals surface area contributed by atoms with E-state index in [4.69, 9.17) is 0 Å². The predicted octanol–water partition coefficient (Wildman–Crippen LogP) is 4.25. The number of benzene rings is 2. The molecular formula is C18H19N3S. The highest BCUT2D eigenvalue weighted by Gasteiger charge is 2.29. The van der Waals surface area contributed by atoms with E-state index in [1.54, 1.807) is 6.33 Å². The van der Waals surface area contributed by atoms with Gasteiger partial charge >= 0.3 is 0 Å². The topological polar surface area (TPSA) is 31.9 Å². The Bertz CT molecular complexity index is 768. The molecule has 0 spiro atoms. The molecule has 0 amide bonds. The first-order valence-corrected chi connectivity index (χ1v) is 8.82. The SMILES string of the molecule is CC1CSCC(c2ccccc2)N1c1ccc2nc[nH]c2c1. The Kier molecular flexibility index (Phi) is 3.54. The van der Waals surface area contributed by atoms with Crippen molar-refractivity contribution in [2.45, 2.75) is 19.0 Å². The van der Waals surface area contributed by atoms with Crippen LogP contribution in [0.1, 0.15) is 18.5 Å². The van der Waals surface area contributed by atoms with Gasteiger partial charge in [0.1, 0.15) is 0 Å². The van der Waals surface area contributed by atoms with Crippen molar-refractivity contribution in [1.82, 2.24) is 9.97 Å². The molecule has 2 unspecified atom stereocenters. The van der Waals surface area contributed by atoms with E-state index in [2.05, 4.69) is 70.3 Å². The molecule has 2 aromatic carbocycles. The van der Waals surface area contributed by atoms with Crippen LogP contribution >= 0.6 is 11.8 Å².